The Labute approximate surface area is 74.9 Å². The lowest BCUT2D eigenvalue weighted by atomic mass is 10.2. The average Bonchev–Trinajstić information content (AvgIpc) is 2.01. The molecular weight excluding hydrogens is 224 g/mol. The molecule has 0 radical (unpaired) electrons. The van der Waals surface area contributed by atoms with Gasteiger partial charge in [0.15, 0.2) is 6.67 Å². The van der Waals surface area contributed by atoms with Crippen molar-refractivity contribution in [1.29, 1.82) is 0 Å². The summed E-state index contributed by atoms with van der Waals surface area (Å²) in [6.07, 6.45) is -8.99. The highest BCUT2D eigenvalue weighted by Gasteiger charge is 2.35. The molecule has 0 saturated heterocycles. The van der Waals surface area contributed by atoms with E-state index in [0.717, 1.165) is 6.92 Å². The van der Waals surface area contributed by atoms with E-state index in [4.69, 9.17) is 0 Å². The van der Waals surface area contributed by atoms with Gasteiger partial charge in [-0.1, -0.05) is 6.92 Å². The maximum atomic E-state index is 11.2. The highest BCUT2D eigenvalue weighted by atomic mass is 19.4. The molecular formula is C6H8F8. The fourth-order valence-corrected chi connectivity index (χ4v) is 0.0875. The van der Waals surface area contributed by atoms with E-state index in [2.05, 4.69) is 0 Å². The first-order valence-electron chi connectivity index (χ1n) is 3.30. The third-order valence-corrected chi connectivity index (χ3v) is 0.942. The molecule has 8 heteroatoms. The lowest BCUT2D eigenvalue weighted by Crippen LogP contribution is -2.21. The predicted molar refractivity (Wildman–Crippen MR) is 33.2 cm³/mol. The van der Waals surface area contributed by atoms with Crippen LogP contribution in [-0.2, 0) is 0 Å². The Bertz CT molecular complexity index is 134. The van der Waals surface area contributed by atoms with Gasteiger partial charge in [0, 0.05) is 0 Å². The maximum absolute atomic E-state index is 11.2. The third-order valence-electron chi connectivity index (χ3n) is 0.942. The van der Waals surface area contributed by atoms with Crippen molar-refractivity contribution in [3.8, 4) is 0 Å². The molecule has 0 saturated carbocycles. The smallest absolute Gasteiger partial charge is 0.250 e. The summed E-state index contributed by atoms with van der Waals surface area (Å²) in [6, 6.07) is 0. The summed E-state index contributed by atoms with van der Waals surface area (Å²) in [5.41, 5.74) is 0. The minimum absolute atomic E-state index is 0.806. The van der Waals surface area contributed by atoms with Crippen LogP contribution >= 0.6 is 0 Å². The van der Waals surface area contributed by atoms with E-state index < -0.39 is 31.6 Å². The molecule has 14 heavy (non-hydrogen) atoms. The largest absolute Gasteiger partial charge is 0.416 e. The van der Waals surface area contributed by atoms with E-state index in [1.54, 1.807) is 0 Å². The molecule has 0 aliphatic rings. The summed E-state index contributed by atoms with van der Waals surface area (Å²) >= 11 is 0. The highest BCUT2D eigenvalue weighted by Crippen LogP contribution is 2.25. The fourth-order valence-electron chi connectivity index (χ4n) is 0.0875. The molecule has 0 rings (SSSR count). The maximum Gasteiger partial charge on any atom is 0.416 e. The summed E-state index contributed by atoms with van der Waals surface area (Å²) in [4.78, 5) is 0. The average molecular weight is 232 g/mol. The molecule has 0 N–H and O–H groups in total. The Morgan fingerprint density at radius 3 is 1.21 bits per heavy atom. The van der Waals surface area contributed by atoms with Gasteiger partial charge in [0.05, 0.1) is 5.92 Å². The molecule has 0 spiro atoms. The zero-order chi connectivity index (χ0) is 12.0. The van der Waals surface area contributed by atoms with Crippen LogP contribution < -0.4 is 0 Å². The Hall–Kier alpha value is -0.560. The molecule has 0 bridgehead atoms. The standard InChI is InChI=1S/C4H6F4.C2H2F4/c1-3(2-5)4(6,7)8;3-1-2(4,5)6/h3H,2H2,1H3;1H2. The Balaban J connectivity index is 0. The van der Waals surface area contributed by atoms with Crippen LogP contribution in [-0.4, -0.2) is 25.7 Å². The van der Waals surface area contributed by atoms with Crippen molar-refractivity contribution >= 4 is 0 Å². The molecule has 0 aromatic rings. The van der Waals surface area contributed by atoms with Crippen molar-refractivity contribution in [3.63, 3.8) is 0 Å². The van der Waals surface area contributed by atoms with E-state index in [-0.39, 0.29) is 0 Å². The van der Waals surface area contributed by atoms with Crippen molar-refractivity contribution in [2.24, 2.45) is 5.92 Å². The van der Waals surface area contributed by atoms with E-state index in [0.29, 0.717) is 0 Å². The van der Waals surface area contributed by atoms with Gasteiger partial charge in [0.25, 0.3) is 0 Å². The van der Waals surface area contributed by atoms with Gasteiger partial charge < -0.3 is 0 Å². The summed E-state index contributed by atoms with van der Waals surface area (Å²) in [6.45, 7) is -2.75. The second kappa shape index (κ2) is 6.02. The van der Waals surface area contributed by atoms with E-state index in [1.165, 1.54) is 0 Å². The SMILES string of the molecule is CC(CF)C(F)(F)F.FCC(F)(F)F. The van der Waals surface area contributed by atoms with Gasteiger partial charge in [0.1, 0.15) is 6.67 Å². The number of hydrogen-bond donors (Lipinski definition) is 0. The van der Waals surface area contributed by atoms with Gasteiger partial charge in [0.2, 0.25) is 0 Å². The van der Waals surface area contributed by atoms with Crippen LogP contribution in [0.2, 0.25) is 0 Å². The molecule has 0 aliphatic heterocycles. The quantitative estimate of drug-likeness (QED) is 0.605. The first-order valence-corrected chi connectivity index (χ1v) is 3.30. The van der Waals surface area contributed by atoms with Gasteiger partial charge in [-0.2, -0.15) is 26.3 Å². The van der Waals surface area contributed by atoms with Crippen molar-refractivity contribution in [2.75, 3.05) is 13.3 Å². The van der Waals surface area contributed by atoms with Crippen LogP contribution in [0.25, 0.3) is 0 Å². The molecule has 0 aromatic carbocycles. The van der Waals surface area contributed by atoms with Crippen LogP contribution in [0.15, 0.2) is 0 Å². The van der Waals surface area contributed by atoms with Crippen LogP contribution in [0, 0.1) is 5.92 Å². The van der Waals surface area contributed by atoms with Gasteiger partial charge in [-0.05, 0) is 0 Å². The zero-order valence-corrected chi connectivity index (χ0v) is 7.02. The second-order valence-corrected chi connectivity index (χ2v) is 2.35. The van der Waals surface area contributed by atoms with Gasteiger partial charge in [-0.3, -0.25) is 4.39 Å². The van der Waals surface area contributed by atoms with Gasteiger partial charge in [-0.15, -0.1) is 0 Å². The Morgan fingerprint density at radius 1 is 0.929 bits per heavy atom. The molecule has 0 aromatic heterocycles. The first-order chi connectivity index (χ1) is 6.04. The summed E-state index contributed by atoms with van der Waals surface area (Å²) in [5.74, 6) is -1.82. The second-order valence-electron chi connectivity index (χ2n) is 2.35. The predicted octanol–water partition coefficient (Wildman–Crippen LogP) is 3.67. The number of rotatable bonds is 1. The zero-order valence-electron chi connectivity index (χ0n) is 7.02. The van der Waals surface area contributed by atoms with E-state index >= 15 is 0 Å². The van der Waals surface area contributed by atoms with E-state index in [1.807, 2.05) is 0 Å². The lowest BCUT2D eigenvalue weighted by Gasteiger charge is -2.09. The minimum Gasteiger partial charge on any atom is -0.250 e. The third kappa shape index (κ3) is 11.4. The first kappa shape index (κ1) is 15.9. The summed E-state index contributed by atoms with van der Waals surface area (Å²) in [7, 11) is 0. The monoisotopic (exact) mass is 232 g/mol. The molecule has 0 fully saturated rings. The molecule has 0 heterocycles. The Kier molecular flexibility index (Phi) is 6.84. The molecule has 0 amide bonds. The molecule has 0 aliphatic carbocycles. The fraction of sp³-hybridized carbons (Fsp3) is 1.00. The van der Waals surface area contributed by atoms with Gasteiger partial charge in [-0.25, -0.2) is 4.39 Å². The highest BCUT2D eigenvalue weighted by molar-refractivity contribution is 4.58. The van der Waals surface area contributed by atoms with Crippen molar-refractivity contribution in [3.05, 3.63) is 0 Å². The van der Waals surface area contributed by atoms with Crippen molar-refractivity contribution in [2.45, 2.75) is 19.3 Å². The molecule has 1 unspecified atom stereocenters. The molecule has 1 atom stereocenters. The molecule has 0 nitrogen and oxygen atoms in total. The number of halogens is 8. The lowest BCUT2D eigenvalue weighted by molar-refractivity contribution is -0.172. The normalized spacial score (nSPS) is 14.4. The van der Waals surface area contributed by atoms with Crippen molar-refractivity contribution in [1.82, 2.24) is 0 Å². The number of alkyl halides is 8. The van der Waals surface area contributed by atoms with Crippen molar-refractivity contribution < 1.29 is 35.1 Å². The van der Waals surface area contributed by atoms with Crippen LogP contribution in [0.5, 0.6) is 0 Å². The van der Waals surface area contributed by atoms with Crippen LogP contribution in [0.3, 0.4) is 0 Å². The van der Waals surface area contributed by atoms with Gasteiger partial charge >= 0.3 is 12.4 Å². The topological polar surface area (TPSA) is 0 Å². The molecule has 88 valence electrons. The Morgan fingerprint density at radius 2 is 1.21 bits per heavy atom. The summed E-state index contributed by atoms with van der Waals surface area (Å²) in [5, 5.41) is 0. The van der Waals surface area contributed by atoms with E-state index in [9.17, 15) is 35.1 Å². The number of hydrogen-bond acceptors (Lipinski definition) is 0. The summed E-state index contributed by atoms with van der Waals surface area (Å²) < 4.78 is 86.4. The minimum atomic E-state index is -4.62. The van der Waals surface area contributed by atoms with Crippen LogP contribution in [0.1, 0.15) is 6.92 Å². The van der Waals surface area contributed by atoms with Crippen LogP contribution in [0.4, 0.5) is 35.1 Å².